The largest absolute Gasteiger partial charge is 0.289 e. The van der Waals surface area contributed by atoms with Crippen molar-refractivity contribution in [2.45, 2.75) is 0 Å². The van der Waals surface area contributed by atoms with E-state index in [1.165, 1.54) is 24.4 Å². The lowest BCUT2D eigenvalue weighted by atomic mass is 10.1. The van der Waals surface area contributed by atoms with E-state index in [4.69, 9.17) is 0 Å². The number of rotatable bonds is 2. The lowest BCUT2D eigenvalue weighted by molar-refractivity contribution is 0.103. The van der Waals surface area contributed by atoms with Crippen LogP contribution in [0.25, 0.3) is 0 Å². The molecule has 1 aromatic heterocycles. The van der Waals surface area contributed by atoms with Crippen LogP contribution in [0.1, 0.15) is 15.9 Å². The van der Waals surface area contributed by atoms with Crippen LogP contribution in [-0.4, -0.2) is 10.8 Å². The average Bonchev–Trinajstić information content (AvgIpc) is 2.28. The summed E-state index contributed by atoms with van der Waals surface area (Å²) in [5, 5.41) is 0. The first-order valence-electron chi connectivity index (χ1n) is 4.57. The number of halogens is 2. The zero-order valence-electron chi connectivity index (χ0n) is 8.15. The summed E-state index contributed by atoms with van der Waals surface area (Å²) in [5.41, 5.74) is 0.750. The highest BCUT2D eigenvalue weighted by Crippen LogP contribution is 2.14. The summed E-state index contributed by atoms with van der Waals surface area (Å²) in [4.78, 5) is 15.8. The van der Waals surface area contributed by atoms with Crippen molar-refractivity contribution < 1.29 is 9.18 Å². The Labute approximate surface area is 100 Å². The number of ketones is 1. The molecule has 0 atom stereocenters. The second-order valence-electron chi connectivity index (χ2n) is 3.23. The number of hydrogen-bond acceptors (Lipinski definition) is 2. The Kier molecular flexibility index (Phi) is 3.10. The average molecular weight is 280 g/mol. The zero-order valence-corrected chi connectivity index (χ0v) is 9.74. The van der Waals surface area contributed by atoms with Gasteiger partial charge in [0.15, 0.2) is 5.78 Å². The van der Waals surface area contributed by atoms with Crippen LogP contribution in [-0.2, 0) is 0 Å². The maximum absolute atomic E-state index is 12.9. The minimum Gasteiger partial charge on any atom is -0.289 e. The number of aromatic nitrogens is 1. The van der Waals surface area contributed by atoms with Crippen LogP contribution in [0.5, 0.6) is 0 Å². The number of pyridine rings is 1. The predicted octanol–water partition coefficient (Wildman–Crippen LogP) is 3.21. The highest BCUT2D eigenvalue weighted by Gasteiger charge is 2.10. The summed E-state index contributed by atoms with van der Waals surface area (Å²) < 4.78 is 13.7. The van der Waals surface area contributed by atoms with E-state index in [0.717, 1.165) is 4.47 Å². The third kappa shape index (κ3) is 2.33. The van der Waals surface area contributed by atoms with E-state index in [-0.39, 0.29) is 5.78 Å². The van der Waals surface area contributed by atoms with Crippen molar-refractivity contribution in [2.24, 2.45) is 0 Å². The summed E-state index contributed by atoms with van der Waals surface area (Å²) in [7, 11) is 0. The van der Waals surface area contributed by atoms with E-state index in [2.05, 4.69) is 20.9 Å². The number of carbonyl (C=O) groups is 1. The molecular weight excluding hydrogens is 273 g/mol. The molecule has 0 fully saturated rings. The van der Waals surface area contributed by atoms with Gasteiger partial charge >= 0.3 is 0 Å². The monoisotopic (exact) mass is 279 g/mol. The van der Waals surface area contributed by atoms with Gasteiger partial charge in [-0.05, 0) is 34.1 Å². The van der Waals surface area contributed by atoms with Gasteiger partial charge in [-0.15, -0.1) is 0 Å². The summed E-state index contributed by atoms with van der Waals surface area (Å²) in [6, 6.07) is 7.25. The number of carbonyl (C=O) groups excluding carboxylic acids is 1. The molecular formula is C12H7BrFNO. The standard InChI is InChI=1S/C12H7BrFNO/c13-10-4-9(6-15-7-10)12(16)8-2-1-3-11(14)5-8/h1-7H. The minimum absolute atomic E-state index is 0.242. The van der Waals surface area contributed by atoms with Gasteiger partial charge < -0.3 is 0 Å². The van der Waals surface area contributed by atoms with Crippen LogP contribution in [0.4, 0.5) is 4.39 Å². The molecule has 0 amide bonds. The number of benzene rings is 1. The Morgan fingerprint density at radius 3 is 2.69 bits per heavy atom. The Morgan fingerprint density at radius 2 is 2.00 bits per heavy atom. The number of nitrogens with zero attached hydrogens (tertiary/aromatic N) is 1. The molecule has 0 saturated heterocycles. The van der Waals surface area contributed by atoms with Crippen molar-refractivity contribution in [1.29, 1.82) is 0 Å². The van der Waals surface area contributed by atoms with Crippen molar-refractivity contribution in [3.63, 3.8) is 0 Å². The van der Waals surface area contributed by atoms with Gasteiger partial charge in [-0.1, -0.05) is 12.1 Å². The molecule has 1 aromatic carbocycles. The first-order chi connectivity index (χ1) is 7.66. The molecule has 0 spiro atoms. The molecule has 0 aliphatic rings. The zero-order chi connectivity index (χ0) is 11.5. The molecule has 0 radical (unpaired) electrons. The SMILES string of the molecule is O=C(c1cccc(F)c1)c1cncc(Br)c1. The fourth-order valence-corrected chi connectivity index (χ4v) is 1.70. The summed E-state index contributed by atoms with van der Waals surface area (Å²) in [6.45, 7) is 0. The molecule has 0 bridgehead atoms. The van der Waals surface area contributed by atoms with E-state index < -0.39 is 5.82 Å². The summed E-state index contributed by atoms with van der Waals surface area (Å²) in [5.74, 6) is -0.665. The fraction of sp³-hybridized carbons (Fsp3) is 0. The van der Waals surface area contributed by atoms with E-state index in [1.807, 2.05) is 0 Å². The molecule has 16 heavy (non-hydrogen) atoms. The van der Waals surface area contributed by atoms with E-state index in [9.17, 15) is 9.18 Å². The van der Waals surface area contributed by atoms with Gasteiger partial charge in [0.2, 0.25) is 0 Å². The van der Waals surface area contributed by atoms with E-state index in [0.29, 0.717) is 11.1 Å². The lowest BCUT2D eigenvalue weighted by Crippen LogP contribution is -2.02. The maximum atomic E-state index is 12.9. The second-order valence-corrected chi connectivity index (χ2v) is 4.15. The van der Waals surface area contributed by atoms with Crippen LogP contribution < -0.4 is 0 Å². The molecule has 0 aliphatic carbocycles. The quantitative estimate of drug-likeness (QED) is 0.790. The van der Waals surface area contributed by atoms with Crippen LogP contribution in [0.15, 0.2) is 47.2 Å². The highest BCUT2D eigenvalue weighted by atomic mass is 79.9. The van der Waals surface area contributed by atoms with Gasteiger partial charge in [0.05, 0.1) is 0 Å². The van der Waals surface area contributed by atoms with Crippen molar-refractivity contribution in [2.75, 3.05) is 0 Å². The molecule has 0 unspecified atom stereocenters. The normalized spacial score (nSPS) is 10.1. The summed E-state index contributed by atoms with van der Waals surface area (Å²) in [6.07, 6.45) is 3.04. The van der Waals surface area contributed by atoms with Gasteiger partial charge in [-0.3, -0.25) is 9.78 Å². The van der Waals surface area contributed by atoms with Gasteiger partial charge in [0, 0.05) is 28.0 Å². The molecule has 0 aliphatic heterocycles. The number of hydrogen-bond donors (Lipinski definition) is 0. The third-order valence-corrected chi connectivity index (χ3v) is 2.49. The van der Waals surface area contributed by atoms with E-state index in [1.54, 1.807) is 18.3 Å². The minimum atomic E-state index is -0.422. The molecule has 2 aromatic rings. The van der Waals surface area contributed by atoms with Crippen LogP contribution >= 0.6 is 15.9 Å². The van der Waals surface area contributed by atoms with Gasteiger partial charge in [-0.25, -0.2) is 4.39 Å². The van der Waals surface area contributed by atoms with Gasteiger partial charge in [0.1, 0.15) is 5.82 Å². The second kappa shape index (κ2) is 4.53. The van der Waals surface area contributed by atoms with Crippen LogP contribution in [0.3, 0.4) is 0 Å². The molecule has 0 N–H and O–H groups in total. The molecule has 4 heteroatoms. The lowest BCUT2D eigenvalue weighted by Gasteiger charge is -2.01. The predicted molar refractivity (Wildman–Crippen MR) is 61.8 cm³/mol. The Bertz CT molecular complexity index is 495. The molecule has 1 heterocycles. The fourth-order valence-electron chi connectivity index (χ4n) is 1.33. The van der Waals surface area contributed by atoms with Crippen molar-refractivity contribution in [3.05, 3.63) is 64.1 Å². The molecule has 80 valence electrons. The Hall–Kier alpha value is -1.55. The van der Waals surface area contributed by atoms with Crippen molar-refractivity contribution in [1.82, 2.24) is 4.98 Å². The third-order valence-electron chi connectivity index (χ3n) is 2.05. The van der Waals surface area contributed by atoms with Crippen molar-refractivity contribution in [3.8, 4) is 0 Å². The topological polar surface area (TPSA) is 30.0 Å². The molecule has 2 nitrogen and oxygen atoms in total. The highest BCUT2D eigenvalue weighted by molar-refractivity contribution is 9.10. The smallest absolute Gasteiger partial charge is 0.194 e. The Morgan fingerprint density at radius 1 is 1.19 bits per heavy atom. The van der Waals surface area contributed by atoms with Crippen LogP contribution in [0.2, 0.25) is 0 Å². The molecule has 2 rings (SSSR count). The van der Waals surface area contributed by atoms with Crippen molar-refractivity contribution >= 4 is 21.7 Å². The van der Waals surface area contributed by atoms with Gasteiger partial charge in [-0.2, -0.15) is 0 Å². The van der Waals surface area contributed by atoms with E-state index >= 15 is 0 Å². The van der Waals surface area contributed by atoms with Crippen LogP contribution in [0, 0.1) is 5.82 Å². The Balaban J connectivity index is 2.39. The summed E-state index contributed by atoms with van der Waals surface area (Å²) >= 11 is 3.23. The van der Waals surface area contributed by atoms with Gasteiger partial charge in [0.25, 0.3) is 0 Å². The molecule has 0 saturated carbocycles. The maximum Gasteiger partial charge on any atom is 0.194 e. The first kappa shape index (κ1) is 11.0. The first-order valence-corrected chi connectivity index (χ1v) is 5.37.